The van der Waals surface area contributed by atoms with Crippen molar-refractivity contribution in [2.75, 3.05) is 12.8 Å². The van der Waals surface area contributed by atoms with Crippen LogP contribution in [-0.2, 0) is 20.2 Å². The number of aromatic hydroxyl groups is 1. The third-order valence-electron chi connectivity index (χ3n) is 3.53. The molecule has 2 aromatic carbocycles. The van der Waals surface area contributed by atoms with E-state index in [1.165, 1.54) is 0 Å². The van der Waals surface area contributed by atoms with E-state index in [1.807, 2.05) is 26.0 Å². The van der Waals surface area contributed by atoms with Gasteiger partial charge in [-0.25, -0.2) is 0 Å². The lowest BCUT2D eigenvalue weighted by atomic mass is 10.2. The van der Waals surface area contributed by atoms with E-state index in [0.717, 1.165) is 18.4 Å². The first-order chi connectivity index (χ1) is 12.1. The summed E-state index contributed by atoms with van der Waals surface area (Å²) in [7, 11) is -3.07. The van der Waals surface area contributed by atoms with Crippen LogP contribution in [0, 0.1) is 0 Å². The Kier molecular flexibility index (Phi) is 7.51. The van der Waals surface area contributed by atoms with Crippen molar-refractivity contribution in [3.8, 4) is 17.2 Å². The summed E-state index contributed by atoms with van der Waals surface area (Å²) >= 11 is 0. The fourth-order valence-corrected chi connectivity index (χ4v) is 4.03. The van der Waals surface area contributed by atoms with Gasteiger partial charge >= 0.3 is 7.60 Å². The minimum absolute atomic E-state index is 0.0737. The number of para-hydroxylation sites is 2. The van der Waals surface area contributed by atoms with Crippen molar-refractivity contribution < 1.29 is 23.5 Å². The number of ether oxygens (including phenoxy) is 1. The second kappa shape index (κ2) is 9.62. The van der Waals surface area contributed by atoms with E-state index < -0.39 is 7.60 Å². The molecule has 0 aliphatic carbocycles. The molecule has 136 valence electrons. The molecule has 0 saturated heterocycles. The minimum atomic E-state index is -3.07. The lowest BCUT2D eigenvalue weighted by molar-refractivity contribution is 0.204. The van der Waals surface area contributed by atoms with E-state index in [4.69, 9.17) is 13.8 Å². The van der Waals surface area contributed by atoms with E-state index in [0.29, 0.717) is 24.3 Å². The predicted octanol–water partition coefficient (Wildman–Crippen LogP) is 5.73. The number of phenolic OH excluding ortho intramolecular Hbond substituents is 1. The molecule has 2 rings (SSSR count). The second-order valence-corrected chi connectivity index (χ2v) is 7.78. The van der Waals surface area contributed by atoms with E-state index >= 15 is 0 Å². The van der Waals surface area contributed by atoms with Crippen LogP contribution in [0.15, 0.2) is 48.5 Å². The molecule has 0 radical (unpaired) electrons. The molecule has 0 heterocycles. The third-order valence-corrected chi connectivity index (χ3v) is 5.57. The Balaban J connectivity index is 2.03. The molecule has 0 fully saturated rings. The van der Waals surface area contributed by atoms with Crippen molar-refractivity contribution in [1.29, 1.82) is 0 Å². The summed E-state index contributed by atoms with van der Waals surface area (Å²) in [6.07, 6.45) is 2.16. The van der Waals surface area contributed by atoms with Gasteiger partial charge in [-0.15, -0.1) is 0 Å². The standard InChI is InChI=1S/C19H25O5P/c1-3-5-13-25(21,22-4-2)23-15-16-9-8-10-17(14-16)24-19-12-7-6-11-18(19)20/h6-12,14,20H,3-5,13,15H2,1-2H3. The molecule has 1 N–H and O–H groups in total. The van der Waals surface area contributed by atoms with Crippen LogP contribution in [-0.4, -0.2) is 17.9 Å². The average Bonchev–Trinajstić information content (AvgIpc) is 2.61. The van der Waals surface area contributed by atoms with Gasteiger partial charge < -0.3 is 18.9 Å². The zero-order valence-electron chi connectivity index (χ0n) is 14.7. The van der Waals surface area contributed by atoms with Crippen LogP contribution in [0.3, 0.4) is 0 Å². The quantitative estimate of drug-likeness (QED) is 0.545. The van der Waals surface area contributed by atoms with Gasteiger partial charge in [0.2, 0.25) is 0 Å². The van der Waals surface area contributed by atoms with Gasteiger partial charge in [0, 0.05) is 0 Å². The largest absolute Gasteiger partial charge is 0.504 e. The summed E-state index contributed by atoms with van der Waals surface area (Å²) in [5.41, 5.74) is 0.823. The highest BCUT2D eigenvalue weighted by molar-refractivity contribution is 7.53. The summed E-state index contributed by atoms with van der Waals surface area (Å²) in [5, 5.41) is 9.79. The van der Waals surface area contributed by atoms with Gasteiger partial charge in [0.05, 0.1) is 19.4 Å². The minimum Gasteiger partial charge on any atom is -0.504 e. The van der Waals surface area contributed by atoms with Gasteiger partial charge in [-0.05, 0) is 43.2 Å². The Hall–Kier alpha value is -1.81. The Morgan fingerprint density at radius 2 is 1.84 bits per heavy atom. The third kappa shape index (κ3) is 6.20. The SMILES string of the molecule is CCCCP(=O)(OCC)OCc1cccc(Oc2ccccc2O)c1. The fraction of sp³-hybridized carbons (Fsp3) is 0.368. The number of rotatable bonds is 10. The molecule has 0 bridgehead atoms. The molecule has 1 unspecified atom stereocenters. The van der Waals surface area contributed by atoms with Gasteiger partial charge in [-0.2, -0.15) is 0 Å². The Morgan fingerprint density at radius 3 is 2.56 bits per heavy atom. The van der Waals surface area contributed by atoms with E-state index in [2.05, 4.69) is 0 Å². The summed E-state index contributed by atoms with van der Waals surface area (Å²) in [6, 6.07) is 14.0. The lowest BCUT2D eigenvalue weighted by Gasteiger charge is -2.18. The van der Waals surface area contributed by atoms with Crippen molar-refractivity contribution in [1.82, 2.24) is 0 Å². The molecule has 2 aromatic rings. The number of hydrogen-bond acceptors (Lipinski definition) is 5. The van der Waals surface area contributed by atoms with E-state index in [-0.39, 0.29) is 12.4 Å². The van der Waals surface area contributed by atoms with Gasteiger partial charge in [0.25, 0.3) is 0 Å². The second-order valence-electron chi connectivity index (χ2n) is 5.60. The molecule has 0 aliphatic heterocycles. The Labute approximate surface area is 149 Å². The molecular weight excluding hydrogens is 339 g/mol. The number of phenols is 1. The summed E-state index contributed by atoms with van der Waals surface area (Å²) < 4.78 is 29.3. The molecule has 25 heavy (non-hydrogen) atoms. The summed E-state index contributed by atoms with van der Waals surface area (Å²) in [5.74, 6) is 1.02. The van der Waals surface area contributed by atoms with Gasteiger partial charge in [-0.1, -0.05) is 37.6 Å². The number of hydrogen-bond donors (Lipinski definition) is 1. The van der Waals surface area contributed by atoms with Gasteiger partial charge in [0.1, 0.15) is 5.75 Å². The fourth-order valence-electron chi connectivity index (χ4n) is 2.26. The normalized spacial score (nSPS) is 13.4. The van der Waals surface area contributed by atoms with Crippen molar-refractivity contribution >= 4 is 7.60 Å². The van der Waals surface area contributed by atoms with Crippen LogP contribution >= 0.6 is 7.60 Å². The van der Waals surface area contributed by atoms with Crippen molar-refractivity contribution in [3.05, 3.63) is 54.1 Å². The summed E-state index contributed by atoms with van der Waals surface area (Å²) in [6.45, 7) is 4.38. The molecule has 0 aromatic heterocycles. The average molecular weight is 364 g/mol. The molecule has 6 heteroatoms. The molecular formula is C19H25O5P. The highest BCUT2D eigenvalue weighted by Crippen LogP contribution is 2.49. The maximum atomic E-state index is 12.7. The molecule has 5 nitrogen and oxygen atoms in total. The van der Waals surface area contributed by atoms with Crippen LogP contribution in [0.5, 0.6) is 17.2 Å². The number of benzene rings is 2. The predicted molar refractivity (Wildman–Crippen MR) is 98.4 cm³/mol. The maximum Gasteiger partial charge on any atom is 0.330 e. The maximum absolute atomic E-state index is 12.7. The van der Waals surface area contributed by atoms with Crippen LogP contribution < -0.4 is 4.74 Å². The van der Waals surface area contributed by atoms with Crippen LogP contribution in [0.2, 0.25) is 0 Å². The molecule has 0 amide bonds. The zero-order valence-corrected chi connectivity index (χ0v) is 15.6. The molecule has 0 spiro atoms. The Morgan fingerprint density at radius 1 is 1.04 bits per heavy atom. The van der Waals surface area contributed by atoms with E-state index in [1.54, 1.807) is 36.4 Å². The van der Waals surface area contributed by atoms with Crippen molar-refractivity contribution in [2.45, 2.75) is 33.3 Å². The molecule has 0 saturated carbocycles. The van der Waals surface area contributed by atoms with Gasteiger partial charge in [0.15, 0.2) is 11.5 Å². The first-order valence-corrected chi connectivity index (χ1v) is 10.2. The van der Waals surface area contributed by atoms with Gasteiger partial charge in [-0.3, -0.25) is 4.57 Å². The van der Waals surface area contributed by atoms with E-state index in [9.17, 15) is 9.67 Å². The van der Waals surface area contributed by atoms with Crippen LogP contribution in [0.4, 0.5) is 0 Å². The summed E-state index contributed by atoms with van der Waals surface area (Å²) in [4.78, 5) is 0. The highest BCUT2D eigenvalue weighted by Gasteiger charge is 2.23. The Bertz CT molecular complexity index is 716. The smallest absolute Gasteiger partial charge is 0.330 e. The first-order valence-electron chi connectivity index (χ1n) is 8.49. The first kappa shape index (κ1) is 19.5. The molecule has 1 atom stereocenters. The highest BCUT2D eigenvalue weighted by atomic mass is 31.2. The monoisotopic (exact) mass is 364 g/mol. The lowest BCUT2D eigenvalue weighted by Crippen LogP contribution is -2.01. The van der Waals surface area contributed by atoms with Crippen LogP contribution in [0.25, 0.3) is 0 Å². The van der Waals surface area contributed by atoms with Crippen molar-refractivity contribution in [2.24, 2.45) is 0 Å². The molecule has 0 aliphatic rings. The number of unbranched alkanes of at least 4 members (excludes halogenated alkanes) is 1. The zero-order chi connectivity index (χ0) is 18.1. The van der Waals surface area contributed by atoms with Crippen LogP contribution in [0.1, 0.15) is 32.3 Å². The topological polar surface area (TPSA) is 65.0 Å². The van der Waals surface area contributed by atoms with Crippen molar-refractivity contribution in [3.63, 3.8) is 0 Å².